The Labute approximate surface area is 368 Å². The average Bonchev–Trinajstić information content (AvgIpc) is 3.71. The summed E-state index contributed by atoms with van der Waals surface area (Å²) in [6.45, 7) is 0. The molecule has 0 amide bonds. The van der Waals surface area contributed by atoms with Gasteiger partial charge in [-0.2, -0.15) is 9.97 Å². The molecule has 13 rings (SSSR count). The summed E-state index contributed by atoms with van der Waals surface area (Å²) in [4.78, 5) is 27.8. The maximum Gasteiger partial charge on any atom is 0.238 e. The maximum atomic E-state index is 5.35. The van der Waals surface area contributed by atoms with E-state index in [4.69, 9.17) is 24.9 Å². The van der Waals surface area contributed by atoms with Gasteiger partial charge in [-0.25, -0.2) is 9.97 Å². The van der Waals surface area contributed by atoms with Crippen molar-refractivity contribution < 1.29 is 0 Å². The Bertz CT molecular complexity index is 3710. The van der Waals surface area contributed by atoms with Gasteiger partial charge in [-0.3, -0.25) is 9.88 Å². The van der Waals surface area contributed by atoms with E-state index in [1.54, 1.807) is 0 Å². The molecule has 0 bridgehead atoms. The monoisotopic (exact) mass is 817 g/mol. The molecule has 298 valence electrons. The summed E-state index contributed by atoms with van der Waals surface area (Å²) < 4.78 is 2.37. The molecule has 5 heterocycles. The normalized spacial score (nSPS) is 12.0. The topological polar surface area (TPSA) is 72.6 Å². The minimum atomic E-state index is 0.521. The lowest BCUT2D eigenvalue weighted by atomic mass is 9.92. The van der Waals surface area contributed by atoms with Crippen LogP contribution in [0, 0.1) is 0 Å². The molecule has 64 heavy (non-hydrogen) atoms. The summed E-state index contributed by atoms with van der Waals surface area (Å²) >= 11 is 0. The van der Waals surface area contributed by atoms with E-state index in [2.05, 4.69) is 143 Å². The van der Waals surface area contributed by atoms with Gasteiger partial charge in [-0.1, -0.05) is 146 Å². The summed E-state index contributed by atoms with van der Waals surface area (Å²) in [5.74, 6) is 1.71. The molecular formula is C57H35N7. The molecule has 0 atom stereocenters. The molecular weight excluding hydrogens is 783 g/mol. The molecule has 0 saturated carbocycles. The first-order valence-electron chi connectivity index (χ1n) is 21.4. The third-order valence-corrected chi connectivity index (χ3v) is 12.4. The fraction of sp³-hybridized carbons (Fsp3) is 0. The van der Waals surface area contributed by atoms with Gasteiger partial charge in [0, 0.05) is 50.1 Å². The Morgan fingerprint density at radius 2 is 0.984 bits per heavy atom. The van der Waals surface area contributed by atoms with Gasteiger partial charge in [0.05, 0.1) is 39.1 Å². The molecule has 7 nitrogen and oxygen atoms in total. The summed E-state index contributed by atoms with van der Waals surface area (Å²) in [6.07, 6.45) is 1.83. The number of anilines is 3. The van der Waals surface area contributed by atoms with E-state index in [1.807, 2.05) is 79.0 Å². The van der Waals surface area contributed by atoms with E-state index < -0.39 is 0 Å². The van der Waals surface area contributed by atoms with E-state index in [0.29, 0.717) is 17.6 Å². The molecule has 0 saturated heterocycles. The zero-order chi connectivity index (χ0) is 42.1. The van der Waals surface area contributed by atoms with Crippen molar-refractivity contribution in [3.8, 4) is 62.0 Å². The van der Waals surface area contributed by atoms with Crippen LogP contribution in [0.5, 0.6) is 0 Å². The minimum Gasteiger partial charge on any atom is -0.309 e. The van der Waals surface area contributed by atoms with Crippen LogP contribution in [0.4, 0.5) is 17.3 Å². The standard InChI is InChI=1S/C57H35N7/c1-4-14-36(15-5-1)40-27-31-49-45(34-40)43-20-10-11-23-48(43)63(49)42-29-25-37(26-30-42)41-28-32-50-46(35-41)54-52-44(53-47(59-54)22-13-33-58-53)21-12-24-51(52)64(50)57-61-55(38-16-6-2-7-17-38)60-56(62-57)39-18-8-3-9-19-39/h1-35H. The van der Waals surface area contributed by atoms with Crippen LogP contribution >= 0.6 is 0 Å². The molecule has 0 spiro atoms. The second-order valence-electron chi connectivity index (χ2n) is 16.1. The van der Waals surface area contributed by atoms with E-state index >= 15 is 0 Å². The average molecular weight is 818 g/mol. The lowest BCUT2D eigenvalue weighted by Crippen LogP contribution is -2.19. The minimum absolute atomic E-state index is 0.521. The van der Waals surface area contributed by atoms with E-state index in [1.165, 1.54) is 32.9 Å². The van der Waals surface area contributed by atoms with Crippen molar-refractivity contribution in [2.45, 2.75) is 0 Å². The van der Waals surface area contributed by atoms with Crippen molar-refractivity contribution in [2.75, 3.05) is 4.90 Å². The van der Waals surface area contributed by atoms with Gasteiger partial charge < -0.3 is 4.57 Å². The Morgan fingerprint density at radius 1 is 0.375 bits per heavy atom. The molecule has 1 aliphatic heterocycles. The van der Waals surface area contributed by atoms with Crippen molar-refractivity contribution in [3.63, 3.8) is 0 Å². The predicted molar refractivity (Wildman–Crippen MR) is 260 cm³/mol. The van der Waals surface area contributed by atoms with E-state index in [9.17, 15) is 0 Å². The molecule has 1 aliphatic rings. The molecule has 0 unspecified atom stereocenters. The van der Waals surface area contributed by atoms with E-state index in [0.717, 1.165) is 72.4 Å². The summed E-state index contributed by atoms with van der Waals surface area (Å²) in [5.41, 5.74) is 15.3. The molecule has 0 aliphatic carbocycles. The van der Waals surface area contributed by atoms with Gasteiger partial charge >= 0.3 is 0 Å². The third-order valence-electron chi connectivity index (χ3n) is 12.4. The molecule has 7 heteroatoms. The van der Waals surface area contributed by atoms with E-state index in [-0.39, 0.29) is 0 Å². The highest BCUT2D eigenvalue weighted by molar-refractivity contribution is 6.19. The highest BCUT2D eigenvalue weighted by Crippen LogP contribution is 2.51. The largest absolute Gasteiger partial charge is 0.309 e. The van der Waals surface area contributed by atoms with Crippen LogP contribution < -0.4 is 4.90 Å². The SMILES string of the molecule is c1ccc(-c2ccc3c(c2)c2ccccc2n3-c2ccc(-c3ccc4c(c3)-c3nc5cccnc5c5cccc(c35)N4c3nc(-c4ccccc4)nc(-c4ccccc4)n3)cc2)cc1. The van der Waals surface area contributed by atoms with Crippen LogP contribution in [0.3, 0.4) is 0 Å². The molecule has 8 aromatic carbocycles. The van der Waals surface area contributed by atoms with Gasteiger partial charge in [-0.05, 0) is 82.9 Å². The number of hydrogen-bond acceptors (Lipinski definition) is 6. The Hall–Kier alpha value is -8.81. The van der Waals surface area contributed by atoms with Crippen molar-refractivity contribution in [1.29, 1.82) is 0 Å². The Balaban J connectivity index is 0.979. The molecule has 0 fully saturated rings. The van der Waals surface area contributed by atoms with Crippen LogP contribution in [0.2, 0.25) is 0 Å². The van der Waals surface area contributed by atoms with Crippen molar-refractivity contribution in [3.05, 3.63) is 212 Å². The number of fused-ring (bicyclic) bond motifs is 7. The number of nitrogens with zero attached hydrogens (tertiary/aromatic N) is 7. The van der Waals surface area contributed by atoms with Gasteiger partial charge in [0.1, 0.15) is 0 Å². The lowest BCUT2D eigenvalue weighted by molar-refractivity contribution is 1.02. The highest BCUT2D eigenvalue weighted by Gasteiger charge is 2.31. The van der Waals surface area contributed by atoms with Crippen LogP contribution in [0.25, 0.3) is 106 Å². The number of aromatic nitrogens is 6. The number of pyridine rings is 2. The Morgan fingerprint density at radius 3 is 1.73 bits per heavy atom. The first kappa shape index (κ1) is 35.9. The zero-order valence-corrected chi connectivity index (χ0v) is 34.3. The first-order valence-corrected chi connectivity index (χ1v) is 21.4. The predicted octanol–water partition coefficient (Wildman–Crippen LogP) is 14.2. The number of para-hydroxylation sites is 1. The van der Waals surface area contributed by atoms with Gasteiger partial charge in [0.2, 0.25) is 5.95 Å². The first-order chi connectivity index (χ1) is 31.7. The molecule has 4 aromatic heterocycles. The molecule has 0 radical (unpaired) electrons. The van der Waals surface area contributed by atoms with Crippen LogP contribution in [-0.4, -0.2) is 29.5 Å². The van der Waals surface area contributed by atoms with Gasteiger partial charge in [-0.15, -0.1) is 0 Å². The second kappa shape index (κ2) is 14.4. The molecule has 12 aromatic rings. The number of hydrogen-bond donors (Lipinski definition) is 0. The third kappa shape index (κ3) is 5.72. The summed E-state index contributed by atoms with van der Waals surface area (Å²) in [5, 5.41) is 4.48. The summed E-state index contributed by atoms with van der Waals surface area (Å²) in [6, 6.07) is 72.2. The smallest absolute Gasteiger partial charge is 0.238 e. The number of benzene rings is 8. The molecule has 0 N–H and O–H groups in total. The highest BCUT2D eigenvalue weighted by atomic mass is 15.3. The van der Waals surface area contributed by atoms with Gasteiger partial charge in [0.15, 0.2) is 11.6 Å². The quantitative estimate of drug-likeness (QED) is 0.156. The number of rotatable bonds is 6. The van der Waals surface area contributed by atoms with Crippen molar-refractivity contribution in [1.82, 2.24) is 29.5 Å². The Kier molecular flexibility index (Phi) is 8.08. The van der Waals surface area contributed by atoms with Crippen LogP contribution in [-0.2, 0) is 0 Å². The van der Waals surface area contributed by atoms with Crippen molar-refractivity contribution in [2.24, 2.45) is 0 Å². The van der Waals surface area contributed by atoms with Gasteiger partial charge in [0.25, 0.3) is 0 Å². The van der Waals surface area contributed by atoms with Crippen LogP contribution in [0.1, 0.15) is 0 Å². The maximum absolute atomic E-state index is 5.35. The fourth-order valence-electron chi connectivity index (χ4n) is 9.45. The van der Waals surface area contributed by atoms with Crippen LogP contribution in [0.15, 0.2) is 212 Å². The summed E-state index contributed by atoms with van der Waals surface area (Å²) in [7, 11) is 0. The lowest BCUT2D eigenvalue weighted by Gasteiger charge is -2.32. The fourth-order valence-corrected chi connectivity index (χ4v) is 9.45. The second-order valence-corrected chi connectivity index (χ2v) is 16.1. The van der Waals surface area contributed by atoms with Crippen molar-refractivity contribution >= 4 is 60.9 Å². The zero-order valence-electron chi connectivity index (χ0n) is 34.3.